The maximum Gasteiger partial charge on any atom is 0.269 e. The van der Waals surface area contributed by atoms with Gasteiger partial charge in [-0.25, -0.2) is 8.42 Å². The highest BCUT2D eigenvalue weighted by Gasteiger charge is 2.37. The molecule has 22 heavy (non-hydrogen) atoms. The number of benzene rings is 1. The minimum absolute atomic E-state index is 0.0524. The van der Waals surface area contributed by atoms with Gasteiger partial charge in [-0.05, 0) is 37.1 Å². The van der Waals surface area contributed by atoms with E-state index in [1.54, 1.807) is 12.1 Å². The lowest BCUT2D eigenvalue weighted by molar-refractivity contribution is -0.384. The van der Waals surface area contributed by atoms with Crippen molar-refractivity contribution in [2.24, 2.45) is 0 Å². The van der Waals surface area contributed by atoms with Crippen LogP contribution in [0.2, 0.25) is 0 Å². The SMILES string of the molecule is O=[N+]([O-])c1ccc(S(=O)(=O)N2CCCC2c2ccco2)cc1. The van der Waals surface area contributed by atoms with Crippen molar-refractivity contribution >= 4 is 15.7 Å². The predicted octanol–water partition coefficient (Wildman–Crippen LogP) is 2.71. The minimum Gasteiger partial charge on any atom is -0.468 e. The number of non-ortho nitro benzene ring substituents is 1. The Balaban J connectivity index is 1.93. The number of rotatable bonds is 4. The normalized spacial score (nSPS) is 19.4. The third-order valence-electron chi connectivity index (χ3n) is 3.73. The molecule has 1 aromatic carbocycles. The first kappa shape index (κ1) is 14.7. The van der Waals surface area contributed by atoms with Gasteiger partial charge in [0.2, 0.25) is 10.0 Å². The second-order valence-electron chi connectivity index (χ2n) is 5.04. The number of sulfonamides is 1. The van der Waals surface area contributed by atoms with Crippen LogP contribution in [0.1, 0.15) is 24.6 Å². The lowest BCUT2D eigenvalue weighted by atomic mass is 10.2. The van der Waals surface area contributed by atoms with Crippen molar-refractivity contribution in [3.05, 3.63) is 58.5 Å². The van der Waals surface area contributed by atoms with Crippen LogP contribution in [-0.4, -0.2) is 24.2 Å². The first-order valence-electron chi connectivity index (χ1n) is 6.80. The van der Waals surface area contributed by atoms with Gasteiger partial charge in [0, 0.05) is 18.7 Å². The van der Waals surface area contributed by atoms with E-state index in [1.807, 2.05) is 0 Å². The molecule has 0 spiro atoms. The van der Waals surface area contributed by atoms with Crippen molar-refractivity contribution < 1.29 is 17.8 Å². The van der Waals surface area contributed by atoms with Crippen molar-refractivity contribution in [1.82, 2.24) is 4.31 Å². The van der Waals surface area contributed by atoms with Crippen LogP contribution in [0.3, 0.4) is 0 Å². The Bertz CT molecular complexity index is 768. The molecule has 1 aromatic heterocycles. The molecule has 0 saturated carbocycles. The predicted molar refractivity (Wildman–Crippen MR) is 77.7 cm³/mol. The molecule has 1 unspecified atom stereocenters. The zero-order valence-corrected chi connectivity index (χ0v) is 12.4. The van der Waals surface area contributed by atoms with Crippen molar-refractivity contribution in [3.8, 4) is 0 Å². The van der Waals surface area contributed by atoms with Crippen molar-refractivity contribution in [3.63, 3.8) is 0 Å². The quantitative estimate of drug-likeness (QED) is 0.637. The van der Waals surface area contributed by atoms with Crippen LogP contribution in [0.4, 0.5) is 5.69 Å². The maximum absolute atomic E-state index is 12.7. The van der Waals surface area contributed by atoms with Gasteiger partial charge < -0.3 is 4.42 Å². The summed E-state index contributed by atoms with van der Waals surface area (Å²) in [7, 11) is -3.71. The summed E-state index contributed by atoms with van der Waals surface area (Å²) in [4.78, 5) is 10.2. The Hall–Kier alpha value is -2.19. The molecule has 0 amide bonds. The molecule has 1 fully saturated rings. The fourth-order valence-corrected chi connectivity index (χ4v) is 4.33. The van der Waals surface area contributed by atoms with E-state index in [-0.39, 0.29) is 16.6 Å². The van der Waals surface area contributed by atoms with Crippen LogP contribution in [0.15, 0.2) is 52.0 Å². The molecule has 3 rings (SSSR count). The fourth-order valence-electron chi connectivity index (χ4n) is 2.67. The Morgan fingerprint density at radius 2 is 1.95 bits per heavy atom. The first-order chi connectivity index (χ1) is 10.5. The minimum atomic E-state index is -3.71. The molecule has 1 aliphatic rings. The van der Waals surface area contributed by atoms with E-state index < -0.39 is 14.9 Å². The molecule has 0 aliphatic carbocycles. The summed E-state index contributed by atoms with van der Waals surface area (Å²) in [5, 5.41) is 10.7. The molecule has 0 N–H and O–H groups in total. The zero-order valence-electron chi connectivity index (χ0n) is 11.6. The highest BCUT2D eigenvalue weighted by Crippen LogP contribution is 2.36. The Labute approximate surface area is 127 Å². The average molecular weight is 322 g/mol. The monoisotopic (exact) mass is 322 g/mol. The summed E-state index contributed by atoms with van der Waals surface area (Å²) in [6, 6.07) is 8.10. The van der Waals surface area contributed by atoms with Crippen LogP contribution in [0, 0.1) is 10.1 Å². The van der Waals surface area contributed by atoms with Gasteiger partial charge >= 0.3 is 0 Å². The highest BCUT2D eigenvalue weighted by molar-refractivity contribution is 7.89. The van der Waals surface area contributed by atoms with Gasteiger partial charge in [0.05, 0.1) is 22.1 Å². The largest absolute Gasteiger partial charge is 0.468 e. The van der Waals surface area contributed by atoms with E-state index >= 15 is 0 Å². The molecule has 2 aromatic rings. The maximum atomic E-state index is 12.7. The Kier molecular flexibility index (Phi) is 3.71. The molecule has 116 valence electrons. The highest BCUT2D eigenvalue weighted by atomic mass is 32.2. The van der Waals surface area contributed by atoms with Gasteiger partial charge in [-0.1, -0.05) is 0 Å². The van der Waals surface area contributed by atoms with Crippen LogP contribution in [0.25, 0.3) is 0 Å². The van der Waals surface area contributed by atoms with Crippen molar-refractivity contribution in [1.29, 1.82) is 0 Å². The van der Waals surface area contributed by atoms with E-state index in [4.69, 9.17) is 4.42 Å². The summed E-state index contributed by atoms with van der Waals surface area (Å²) in [5.74, 6) is 0.614. The second-order valence-corrected chi connectivity index (χ2v) is 6.93. The Morgan fingerprint density at radius 1 is 1.23 bits per heavy atom. The van der Waals surface area contributed by atoms with Crippen LogP contribution in [0.5, 0.6) is 0 Å². The molecule has 1 aliphatic heterocycles. The van der Waals surface area contributed by atoms with Crippen LogP contribution in [-0.2, 0) is 10.0 Å². The molecule has 2 heterocycles. The van der Waals surface area contributed by atoms with Gasteiger partial charge in [0.25, 0.3) is 5.69 Å². The van der Waals surface area contributed by atoms with Gasteiger partial charge in [0.15, 0.2) is 0 Å². The molecule has 1 atom stereocenters. The Morgan fingerprint density at radius 3 is 2.55 bits per heavy atom. The number of nitro benzene ring substituents is 1. The summed E-state index contributed by atoms with van der Waals surface area (Å²) in [6.07, 6.45) is 2.96. The summed E-state index contributed by atoms with van der Waals surface area (Å²) in [6.45, 7) is 0.407. The topological polar surface area (TPSA) is 93.7 Å². The molecular weight excluding hydrogens is 308 g/mol. The van der Waals surface area contributed by atoms with E-state index in [1.165, 1.54) is 34.8 Å². The third kappa shape index (κ3) is 2.51. The lowest BCUT2D eigenvalue weighted by Gasteiger charge is -2.22. The number of furan rings is 1. The summed E-state index contributed by atoms with van der Waals surface area (Å²) < 4.78 is 32.2. The van der Waals surface area contributed by atoms with Crippen LogP contribution < -0.4 is 0 Å². The van der Waals surface area contributed by atoms with Crippen LogP contribution >= 0.6 is 0 Å². The number of hydrogen-bond acceptors (Lipinski definition) is 5. The summed E-state index contributed by atoms with van der Waals surface area (Å²) >= 11 is 0. The first-order valence-corrected chi connectivity index (χ1v) is 8.24. The van der Waals surface area contributed by atoms with E-state index in [0.29, 0.717) is 18.7 Å². The molecule has 0 bridgehead atoms. The summed E-state index contributed by atoms with van der Waals surface area (Å²) in [5.41, 5.74) is -0.136. The number of hydrogen-bond donors (Lipinski definition) is 0. The standard InChI is InChI=1S/C14H14N2O5S/c17-16(18)11-5-7-12(8-6-11)22(19,20)15-9-1-3-13(15)14-4-2-10-21-14/h2,4-8,10,13H,1,3,9H2. The van der Waals surface area contributed by atoms with Crippen molar-refractivity contribution in [2.45, 2.75) is 23.8 Å². The lowest BCUT2D eigenvalue weighted by Crippen LogP contribution is -2.30. The fraction of sp³-hybridized carbons (Fsp3) is 0.286. The molecule has 1 saturated heterocycles. The number of nitro groups is 1. The molecule has 0 radical (unpaired) electrons. The molecular formula is C14H14N2O5S. The van der Waals surface area contributed by atoms with Gasteiger partial charge in [-0.15, -0.1) is 0 Å². The number of nitrogens with zero attached hydrogens (tertiary/aromatic N) is 2. The van der Waals surface area contributed by atoms with Crippen molar-refractivity contribution in [2.75, 3.05) is 6.54 Å². The van der Waals surface area contributed by atoms with Gasteiger partial charge in [0.1, 0.15) is 5.76 Å². The molecule has 7 nitrogen and oxygen atoms in total. The molecule has 8 heteroatoms. The van der Waals surface area contributed by atoms with E-state index in [0.717, 1.165) is 6.42 Å². The van der Waals surface area contributed by atoms with E-state index in [2.05, 4.69) is 0 Å². The second kappa shape index (κ2) is 5.54. The third-order valence-corrected chi connectivity index (χ3v) is 5.65. The van der Waals surface area contributed by atoms with E-state index in [9.17, 15) is 18.5 Å². The van der Waals surface area contributed by atoms with Gasteiger partial charge in [-0.3, -0.25) is 10.1 Å². The smallest absolute Gasteiger partial charge is 0.269 e. The average Bonchev–Trinajstić information content (AvgIpc) is 3.18. The van der Waals surface area contributed by atoms with Gasteiger partial charge in [-0.2, -0.15) is 4.31 Å². The zero-order chi connectivity index (χ0) is 15.7.